The fraction of sp³-hybridized carbons (Fsp3) is 0.0833. The van der Waals surface area contributed by atoms with E-state index in [-0.39, 0.29) is 0 Å². The zero-order chi connectivity index (χ0) is 9.97. The van der Waals surface area contributed by atoms with Gasteiger partial charge in [-0.1, -0.05) is 24.3 Å². The standard InChI is InChI=1S/C12H10N2/c1-3-12-13-8-11(14-12)10-7-5-4-6-9(10)2/h1,4-8H,2H3,(H,13,14). The molecular formula is C12H10N2. The highest BCUT2D eigenvalue weighted by Gasteiger charge is 2.03. The predicted octanol–water partition coefficient (Wildman–Crippen LogP) is 2.37. The molecule has 1 N–H and O–H groups in total. The Labute approximate surface area is 83.0 Å². The molecule has 0 fully saturated rings. The van der Waals surface area contributed by atoms with Crippen LogP contribution in [0.5, 0.6) is 0 Å². The van der Waals surface area contributed by atoms with Crippen molar-refractivity contribution < 1.29 is 0 Å². The van der Waals surface area contributed by atoms with Gasteiger partial charge in [0.15, 0.2) is 5.82 Å². The second kappa shape index (κ2) is 3.39. The zero-order valence-electron chi connectivity index (χ0n) is 7.91. The Bertz CT molecular complexity index is 489. The number of hydrogen-bond acceptors (Lipinski definition) is 1. The first kappa shape index (κ1) is 8.58. The number of aromatic amines is 1. The Morgan fingerprint density at radius 2 is 2.14 bits per heavy atom. The van der Waals surface area contributed by atoms with Crippen molar-refractivity contribution >= 4 is 0 Å². The molecule has 0 atom stereocenters. The highest BCUT2D eigenvalue weighted by molar-refractivity contribution is 5.63. The van der Waals surface area contributed by atoms with Gasteiger partial charge in [0, 0.05) is 5.56 Å². The van der Waals surface area contributed by atoms with E-state index in [1.807, 2.05) is 18.2 Å². The van der Waals surface area contributed by atoms with Crippen LogP contribution in [0.1, 0.15) is 11.4 Å². The van der Waals surface area contributed by atoms with E-state index in [1.165, 1.54) is 5.56 Å². The van der Waals surface area contributed by atoms with Crippen LogP contribution >= 0.6 is 0 Å². The summed E-state index contributed by atoms with van der Waals surface area (Å²) in [6.45, 7) is 2.06. The number of aromatic nitrogens is 2. The number of H-pyrrole nitrogens is 1. The summed E-state index contributed by atoms with van der Waals surface area (Å²) < 4.78 is 0. The highest BCUT2D eigenvalue weighted by Crippen LogP contribution is 2.20. The SMILES string of the molecule is C#Cc1ncc(-c2ccccc2C)[nH]1. The molecule has 2 heteroatoms. The predicted molar refractivity (Wildman–Crippen MR) is 56.7 cm³/mol. The Balaban J connectivity index is 2.51. The fourth-order valence-corrected chi connectivity index (χ4v) is 1.41. The van der Waals surface area contributed by atoms with Crippen LogP contribution in [0.3, 0.4) is 0 Å². The largest absolute Gasteiger partial charge is 0.331 e. The van der Waals surface area contributed by atoms with Gasteiger partial charge < -0.3 is 4.98 Å². The molecule has 0 saturated carbocycles. The molecule has 1 heterocycles. The van der Waals surface area contributed by atoms with E-state index < -0.39 is 0 Å². The van der Waals surface area contributed by atoms with E-state index in [9.17, 15) is 0 Å². The van der Waals surface area contributed by atoms with Gasteiger partial charge in [-0.15, -0.1) is 6.42 Å². The normalized spacial score (nSPS) is 9.71. The van der Waals surface area contributed by atoms with Gasteiger partial charge in [0.25, 0.3) is 0 Å². The maximum Gasteiger partial charge on any atom is 0.182 e. The average Bonchev–Trinajstić information content (AvgIpc) is 2.67. The number of hydrogen-bond donors (Lipinski definition) is 1. The molecule has 0 saturated heterocycles. The molecule has 0 radical (unpaired) electrons. The molecule has 14 heavy (non-hydrogen) atoms. The van der Waals surface area contributed by atoms with Gasteiger partial charge in [-0.05, 0) is 18.4 Å². The van der Waals surface area contributed by atoms with E-state index in [4.69, 9.17) is 6.42 Å². The topological polar surface area (TPSA) is 28.7 Å². The Morgan fingerprint density at radius 1 is 1.36 bits per heavy atom. The number of nitrogens with zero attached hydrogens (tertiary/aromatic N) is 1. The van der Waals surface area contributed by atoms with Crippen LogP contribution in [-0.4, -0.2) is 9.97 Å². The Morgan fingerprint density at radius 3 is 2.79 bits per heavy atom. The van der Waals surface area contributed by atoms with Gasteiger partial charge in [0.05, 0.1) is 11.9 Å². The van der Waals surface area contributed by atoms with Crippen molar-refractivity contribution in [3.05, 3.63) is 41.9 Å². The first-order valence-corrected chi connectivity index (χ1v) is 4.39. The van der Waals surface area contributed by atoms with E-state index in [2.05, 4.69) is 28.9 Å². The third kappa shape index (κ3) is 1.40. The lowest BCUT2D eigenvalue weighted by Crippen LogP contribution is -1.82. The summed E-state index contributed by atoms with van der Waals surface area (Å²) in [5.74, 6) is 3.04. The second-order valence-corrected chi connectivity index (χ2v) is 3.10. The van der Waals surface area contributed by atoms with Crippen molar-refractivity contribution in [1.29, 1.82) is 0 Å². The first-order valence-electron chi connectivity index (χ1n) is 4.39. The number of terminal acetylenes is 1. The number of aryl methyl sites for hydroxylation is 1. The minimum absolute atomic E-state index is 0.572. The van der Waals surface area contributed by atoms with Gasteiger partial charge in [-0.2, -0.15) is 0 Å². The molecule has 0 spiro atoms. The van der Waals surface area contributed by atoms with Gasteiger partial charge in [0.1, 0.15) is 0 Å². The smallest absolute Gasteiger partial charge is 0.182 e. The maximum atomic E-state index is 5.24. The van der Waals surface area contributed by atoms with Gasteiger partial charge in [-0.3, -0.25) is 0 Å². The molecule has 0 amide bonds. The quantitative estimate of drug-likeness (QED) is 0.674. The summed E-state index contributed by atoms with van der Waals surface area (Å²) in [5.41, 5.74) is 3.32. The van der Waals surface area contributed by atoms with Gasteiger partial charge in [0.2, 0.25) is 0 Å². The molecule has 2 rings (SSSR count). The van der Waals surface area contributed by atoms with Crippen LogP contribution in [-0.2, 0) is 0 Å². The van der Waals surface area contributed by atoms with Crippen LogP contribution in [0.25, 0.3) is 11.3 Å². The molecule has 2 nitrogen and oxygen atoms in total. The van der Waals surface area contributed by atoms with E-state index in [0.29, 0.717) is 5.82 Å². The maximum absolute atomic E-state index is 5.24. The Kier molecular flexibility index (Phi) is 2.08. The number of rotatable bonds is 1. The molecule has 0 bridgehead atoms. The molecule has 1 aromatic heterocycles. The van der Waals surface area contributed by atoms with Crippen molar-refractivity contribution in [3.8, 4) is 23.6 Å². The van der Waals surface area contributed by atoms with Crippen LogP contribution in [0, 0.1) is 19.3 Å². The summed E-state index contributed by atoms with van der Waals surface area (Å²) >= 11 is 0. The minimum atomic E-state index is 0.572. The molecule has 0 unspecified atom stereocenters. The van der Waals surface area contributed by atoms with E-state index in [1.54, 1.807) is 6.20 Å². The molecule has 68 valence electrons. The lowest BCUT2D eigenvalue weighted by Gasteiger charge is -2.00. The van der Waals surface area contributed by atoms with E-state index >= 15 is 0 Å². The second-order valence-electron chi connectivity index (χ2n) is 3.10. The van der Waals surface area contributed by atoms with Crippen molar-refractivity contribution in [3.63, 3.8) is 0 Å². The summed E-state index contributed by atoms with van der Waals surface area (Å²) in [6, 6.07) is 8.12. The van der Waals surface area contributed by atoms with Gasteiger partial charge >= 0.3 is 0 Å². The highest BCUT2D eigenvalue weighted by atomic mass is 14.9. The molecule has 2 aromatic rings. The summed E-state index contributed by atoms with van der Waals surface area (Å²) in [4.78, 5) is 7.13. The van der Waals surface area contributed by atoms with Crippen molar-refractivity contribution in [1.82, 2.24) is 9.97 Å². The molecular weight excluding hydrogens is 172 g/mol. The molecule has 1 aromatic carbocycles. The third-order valence-corrected chi connectivity index (χ3v) is 2.15. The average molecular weight is 182 g/mol. The summed E-state index contributed by atoms with van der Waals surface area (Å²) in [5, 5.41) is 0. The van der Waals surface area contributed by atoms with Crippen LogP contribution in [0.4, 0.5) is 0 Å². The lowest BCUT2D eigenvalue weighted by atomic mass is 10.1. The van der Waals surface area contributed by atoms with Crippen molar-refractivity contribution in [2.24, 2.45) is 0 Å². The lowest BCUT2D eigenvalue weighted by molar-refractivity contribution is 1.25. The summed E-state index contributed by atoms with van der Waals surface area (Å²) in [7, 11) is 0. The summed E-state index contributed by atoms with van der Waals surface area (Å²) in [6.07, 6.45) is 7.00. The van der Waals surface area contributed by atoms with Crippen molar-refractivity contribution in [2.75, 3.05) is 0 Å². The van der Waals surface area contributed by atoms with Crippen molar-refractivity contribution in [2.45, 2.75) is 6.92 Å². The third-order valence-electron chi connectivity index (χ3n) is 2.15. The molecule has 0 aliphatic rings. The fourth-order valence-electron chi connectivity index (χ4n) is 1.41. The Hall–Kier alpha value is -2.01. The number of nitrogens with one attached hydrogen (secondary N) is 1. The first-order chi connectivity index (χ1) is 6.81. The van der Waals surface area contributed by atoms with Crippen LogP contribution in [0.2, 0.25) is 0 Å². The van der Waals surface area contributed by atoms with Crippen LogP contribution < -0.4 is 0 Å². The number of benzene rings is 1. The van der Waals surface area contributed by atoms with Gasteiger partial charge in [-0.25, -0.2) is 4.98 Å². The number of imidazole rings is 1. The van der Waals surface area contributed by atoms with Crippen LogP contribution in [0.15, 0.2) is 30.5 Å². The minimum Gasteiger partial charge on any atom is -0.331 e. The molecule has 0 aliphatic carbocycles. The van der Waals surface area contributed by atoms with E-state index in [0.717, 1.165) is 11.3 Å². The monoisotopic (exact) mass is 182 g/mol. The zero-order valence-corrected chi connectivity index (χ0v) is 7.91. The molecule has 0 aliphatic heterocycles.